The number of carboxylic acids is 1. The van der Waals surface area contributed by atoms with Crippen LogP contribution in [-0.4, -0.2) is 17.2 Å². The average Bonchev–Trinajstić information content (AvgIpc) is 2.56. The van der Waals surface area contributed by atoms with E-state index in [1.54, 1.807) is 0 Å². The largest absolute Gasteiger partial charge is 1.00 e. The maximum atomic E-state index is 10.2. The van der Waals surface area contributed by atoms with Gasteiger partial charge in [0.1, 0.15) is 0 Å². The number of unbranched alkanes of at least 4 members (excludes halogenated alkanes) is 14. The predicted octanol–water partition coefficient (Wildman–Crippen LogP) is 1.92. The first kappa shape index (κ1) is 27.4. The number of aliphatic hydroxyl groups is 1. The van der Waals surface area contributed by atoms with Gasteiger partial charge in [0.25, 0.3) is 0 Å². The summed E-state index contributed by atoms with van der Waals surface area (Å²) in [6.45, 7) is 2.26. The standard InChI is InChI=1S/C21H40O3.Na/c1-2-3-4-5-6-7-8-9-10-11-12-13-14-15-16-17-20(22)18-19-21(23)24;/h18-20,22H,2-17H2,1H3,(H,23,24);/q;+1/p-1. The van der Waals surface area contributed by atoms with Crippen molar-refractivity contribution in [1.29, 1.82) is 0 Å². The second-order valence-electron chi connectivity index (χ2n) is 6.98. The van der Waals surface area contributed by atoms with Crippen molar-refractivity contribution in [3.05, 3.63) is 12.2 Å². The molecule has 3 nitrogen and oxygen atoms in total. The fourth-order valence-corrected chi connectivity index (χ4v) is 3.01. The minimum Gasteiger partial charge on any atom is -0.545 e. The van der Waals surface area contributed by atoms with Crippen LogP contribution in [0.1, 0.15) is 110 Å². The molecule has 0 saturated carbocycles. The van der Waals surface area contributed by atoms with E-state index in [9.17, 15) is 15.0 Å². The Balaban J connectivity index is 0. The number of carbonyl (C=O) groups is 1. The van der Waals surface area contributed by atoms with Crippen molar-refractivity contribution in [2.75, 3.05) is 0 Å². The summed E-state index contributed by atoms with van der Waals surface area (Å²) in [4.78, 5) is 10.2. The van der Waals surface area contributed by atoms with Crippen molar-refractivity contribution in [1.82, 2.24) is 0 Å². The Labute approximate surface area is 178 Å². The molecule has 0 rings (SSSR count). The van der Waals surface area contributed by atoms with E-state index in [-0.39, 0.29) is 29.6 Å². The summed E-state index contributed by atoms with van der Waals surface area (Å²) in [6.07, 6.45) is 22.0. The van der Waals surface area contributed by atoms with E-state index in [4.69, 9.17) is 0 Å². The molecule has 0 bridgehead atoms. The van der Waals surface area contributed by atoms with E-state index >= 15 is 0 Å². The Hall–Kier alpha value is 0.170. The maximum absolute atomic E-state index is 10.2. The number of hydrogen-bond donors (Lipinski definition) is 1. The van der Waals surface area contributed by atoms with Gasteiger partial charge in [-0.05, 0) is 12.5 Å². The summed E-state index contributed by atoms with van der Waals surface area (Å²) in [5.41, 5.74) is 0. The molecule has 0 amide bonds. The molecular weight excluding hydrogens is 323 g/mol. The molecule has 0 aliphatic carbocycles. The number of rotatable bonds is 18. The molecule has 0 aliphatic heterocycles. The van der Waals surface area contributed by atoms with Gasteiger partial charge in [0, 0.05) is 0 Å². The number of carbonyl (C=O) groups excluding carboxylic acids is 1. The first-order valence-electron chi connectivity index (χ1n) is 10.2. The van der Waals surface area contributed by atoms with Gasteiger partial charge in [-0.2, -0.15) is 0 Å². The summed E-state index contributed by atoms with van der Waals surface area (Å²) < 4.78 is 0. The number of aliphatic carboxylic acids is 1. The predicted molar refractivity (Wildman–Crippen MR) is 99.7 cm³/mol. The van der Waals surface area contributed by atoms with Gasteiger partial charge >= 0.3 is 29.6 Å². The quantitative estimate of drug-likeness (QED) is 0.230. The molecule has 0 aromatic rings. The van der Waals surface area contributed by atoms with Crippen LogP contribution in [0.4, 0.5) is 0 Å². The third-order valence-electron chi connectivity index (χ3n) is 4.56. The molecule has 1 unspecified atom stereocenters. The first-order valence-corrected chi connectivity index (χ1v) is 10.2. The van der Waals surface area contributed by atoms with Gasteiger partial charge in [0.05, 0.1) is 12.1 Å². The summed E-state index contributed by atoms with van der Waals surface area (Å²) in [5, 5.41) is 19.7. The Kier molecular flexibility index (Phi) is 24.3. The summed E-state index contributed by atoms with van der Waals surface area (Å²) in [5.74, 6) is -1.24. The van der Waals surface area contributed by atoms with Crippen molar-refractivity contribution in [3.63, 3.8) is 0 Å². The molecular formula is C21H39NaO3. The third-order valence-corrected chi connectivity index (χ3v) is 4.56. The van der Waals surface area contributed by atoms with Crippen LogP contribution in [0.25, 0.3) is 0 Å². The molecule has 4 heteroatoms. The van der Waals surface area contributed by atoms with E-state index in [0.717, 1.165) is 18.9 Å². The van der Waals surface area contributed by atoms with Crippen LogP contribution in [0.15, 0.2) is 12.2 Å². The number of aliphatic hydroxyl groups excluding tert-OH is 1. The van der Waals surface area contributed by atoms with Crippen LogP contribution in [-0.2, 0) is 4.79 Å². The fourth-order valence-electron chi connectivity index (χ4n) is 3.01. The van der Waals surface area contributed by atoms with E-state index in [2.05, 4.69) is 6.92 Å². The van der Waals surface area contributed by atoms with Crippen LogP contribution in [0.5, 0.6) is 0 Å². The van der Waals surface area contributed by atoms with Gasteiger partial charge in [-0.3, -0.25) is 0 Å². The zero-order valence-corrected chi connectivity index (χ0v) is 18.8. The molecule has 0 aromatic carbocycles. The van der Waals surface area contributed by atoms with E-state index in [1.165, 1.54) is 89.5 Å². The average molecular weight is 363 g/mol. The molecule has 1 N–H and O–H groups in total. The SMILES string of the molecule is CCCCCCCCCCCCCCCCCC(O)C=CC(=O)[O-].[Na+]. The minimum absolute atomic E-state index is 0. The zero-order chi connectivity index (χ0) is 17.9. The Morgan fingerprint density at radius 3 is 1.52 bits per heavy atom. The molecule has 0 heterocycles. The Morgan fingerprint density at radius 1 is 0.800 bits per heavy atom. The fraction of sp³-hybridized carbons (Fsp3) is 0.857. The smallest absolute Gasteiger partial charge is 0.545 e. The normalized spacial score (nSPS) is 12.2. The molecule has 25 heavy (non-hydrogen) atoms. The van der Waals surface area contributed by atoms with Crippen LogP contribution in [0.3, 0.4) is 0 Å². The van der Waals surface area contributed by atoms with Crippen molar-refractivity contribution < 1.29 is 44.6 Å². The van der Waals surface area contributed by atoms with Crippen molar-refractivity contribution in [2.45, 2.75) is 116 Å². The van der Waals surface area contributed by atoms with E-state index in [0.29, 0.717) is 6.42 Å². The van der Waals surface area contributed by atoms with Crippen LogP contribution >= 0.6 is 0 Å². The monoisotopic (exact) mass is 362 g/mol. The van der Waals surface area contributed by atoms with E-state index < -0.39 is 12.1 Å². The molecule has 0 aromatic heterocycles. The Morgan fingerprint density at radius 2 is 1.16 bits per heavy atom. The molecule has 0 radical (unpaired) electrons. The molecule has 0 fully saturated rings. The van der Waals surface area contributed by atoms with Gasteiger partial charge in [-0.15, -0.1) is 0 Å². The van der Waals surface area contributed by atoms with Crippen molar-refractivity contribution in [2.24, 2.45) is 0 Å². The Bertz CT molecular complexity index is 306. The van der Waals surface area contributed by atoms with Gasteiger partial charge in [-0.25, -0.2) is 0 Å². The van der Waals surface area contributed by atoms with Crippen molar-refractivity contribution in [3.8, 4) is 0 Å². The van der Waals surface area contributed by atoms with E-state index in [1.807, 2.05) is 0 Å². The minimum atomic E-state index is -1.24. The van der Waals surface area contributed by atoms with Gasteiger partial charge < -0.3 is 15.0 Å². The molecule has 142 valence electrons. The van der Waals surface area contributed by atoms with Crippen LogP contribution in [0.2, 0.25) is 0 Å². The van der Waals surface area contributed by atoms with Gasteiger partial charge in [0.15, 0.2) is 0 Å². The van der Waals surface area contributed by atoms with Crippen LogP contribution in [0, 0.1) is 0 Å². The molecule has 1 atom stereocenters. The maximum Gasteiger partial charge on any atom is 1.00 e. The third kappa shape index (κ3) is 24.2. The molecule has 0 spiro atoms. The molecule has 0 aliphatic rings. The zero-order valence-electron chi connectivity index (χ0n) is 16.8. The van der Waals surface area contributed by atoms with Crippen molar-refractivity contribution >= 4 is 5.97 Å². The van der Waals surface area contributed by atoms with Gasteiger partial charge in [-0.1, -0.05) is 109 Å². The topological polar surface area (TPSA) is 60.4 Å². The molecule has 0 saturated heterocycles. The summed E-state index contributed by atoms with van der Waals surface area (Å²) >= 11 is 0. The summed E-state index contributed by atoms with van der Waals surface area (Å²) in [7, 11) is 0. The van der Waals surface area contributed by atoms with Gasteiger partial charge in [0.2, 0.25) is 0 Å². The number of hydrogen-bond acceptors (Lipinski definition) is 3. The number of carboxylic acid groups (broad SMARTS) is 1. The first-order chi connectivity index (χ1) is 11.7. The second kappa shape index (κ2) is 22.2. The second-order valence-corrected chi connectivity index (χ2v) is 6.98. The van der Waals surface area contributed by atoms with Crippen LogP contribution < -0.4 is 34.7 Å². The summed E-state index contributed by atoms with van der Waals surface area (Å²) in [6, 6.07) is 0.